The van der Waals surface area contributed by atoms with Gasteiger partial charge in [0.05, 0.1) is 23.6 Å². The minimum absolute atomic E-state index is 0.122. The van der Waals surface area contributed by atoms with Gasteiger partial charge in [-0.3, -0.25) is 19.1 Å². The summed E-state index contributed by atoms with van der Waals surface area (Å²) in [5, 5.41) is 9.31. The highest BCUT2D eigenvalue weighted by atomic mass is 16.2. The van der Waals surface area contributed by atoms with Crippen molar-refractivity contribution in [3.63, 3.8) is 0 Å². The van der Waals surface area contributed by atoms with Gasteiger partial charge in [0.25, 0.3) is 0 Å². The SMILES string of the molecule is Cc1nn2cc1C1=CCc3ncc(cc31)-c1cn(C)nc1CN(C)C(=O)CCC2. The number of rotatable bonds is 0. The third-order valence-corrected chi connectivity index (χ3v) is 5.80. The van der Waals surface area contributed by atoms with Crippen LogP contribution in [-0.4, -0.2) is 42.4 Å². The Bertz CT molecular complexity index is 1150. The van der Waals surface area contributed by atoms with E-state index in [-0.39, 0.29) is 5.91 Å². The van der Waals surface area contributed by atoms with Crippen LogP contribution in [0.4, 0.5) is 0 Å². The third kappa shape index (κ3) is 3.06. The Balaban J connectivity index is 1.67. The highest BCUT2D eigenvalue weighted by Gasteiger charge is 2.23. The lowest BCUT2D eigenvalue weighted by molar-refractivity contribution is -0.130. The number of amides is 1. The number of carbonyl (C=O) groups excluding carboxylic acids is 1. The van der Waals surface area contributed by atoms with Crippen LogP contribution in [0, 0.1) is 6.92 Å². The summed E-state index contributed by atoms with van der Waals surface area (Å²) in [4.78, 5) is 19.1. The maximum Gasteiger partial charge on any atom is 0.222 e. The van der Waals surface area contributed by atoms with Gasteiger partial charge in [0.15, 0.2) is 0 Å². The normalized spacial score (nSPS) is 16.3. The Morgan fingerprint density at radius 3 is 2.76 bits per heavy atom. The average molecular weight is 388 g/mol. The van der Waals surface area contributed by atoms with Gasteiger partial charge in [0, 0.05) is 74.3 Å². The molecule has 5 rings (SSSR count). The van der Waals surface area contributed by atoms with Crippen LogP contribution >= 0.6 is 0 Å². The van der Waals surface area contributed by atoms with Crippen LogP contribution in [0.1, 0.15) is 41.1 Å². The van der Waals surface area contributed by atoms with Crippen LogP contribution in [0.3, 0.4) is 0 Å². The minimum atomic E-state index is 0.122. The van der Waals surface area contributed by atoms with Gasteiger partial charge in [-0.1, -0.05) is 6.08 Å². The molecule has 0 saturated carbocycles. The van der Waals surface area contributed by atoms with Gasteiger partial charge in [0.2, 0.25) is 5.91 Å². The molecule has 0 N–H and O–H groups in total. The van der Waals surface area contributed by atoms with Crippen LogP contribution in [0.2, 0.25) is 0 Å². The number of carbonyl (C=O) groups is 1. The van der Waals surface area contributed by atoms with Crippen molar-refractivity contribution in [3.8, 4) is 11.1 Å². The molecule has 29 heavy (non-hydrogen) atoms. The molecule has 0 atom stereocenters. The molecule has 1 aliphatic heterocycles. The highest BCUT2D eigenvalue weighted by molar-refractivity contribution is 5.86. The molecule has 7 heteroatoms. The van der Waals surface area contributed by atoms with Gasteiger partial charge >= 0.3 is 0 Å². The first-order valence-corrected chi connectivity index (χ1v) is 10.0. The number of fused-ring (bicyclic) bond motifs is 6. The topological polar surface area (TPSA) is 68.8 Å². The number of hydrogen-bond acceptors (Lipinski definition) is 4. The zero-order chi connectivity index (χ0) is 20.1. The zero-order valence-electron chi connectivity index (χ0n) is 17.0. The first-order chi connectivity index (χ1) is 14.0. The fourth-order valence-corrected chi connectivity index (χ4v) is 4.29. The molecule has 0 unspecified atom stereocenters. The quantitative estimate of drug-likeness (QED) is 0.594. The van der Waals surface area contributed by atoms with Gasteiger partial charge in [0.1, 0.15) is 0 Å². The van der Waals surface area contributed by atoms with E-state index >= 15 is 0 Å². The van der Waals surface area contributed by atoms with Crippen LogP contribution in [0.15, 0.2) is 30.7 Å². The van der Waals surface area contributed by atoms with E-state index in [0.717, 1.165) is 53.2 Å². The van der Waals surface area contributed by atoms with E-state index in [1.807, 2.05) is 42.8 Å². The van der Waals surface area contributed by atoms with Crippen molar-refractivity contribution >= 4 is 11.5 Å². The minimum Gasteiger partial charge on any atom is -0.340 e. The summed E-state index contributed by atoms with van der Waals surface area (Å²) in [5.74, 6) is 0.122. The molecular weight excluding hydrogens is 364 g/mol. The molecule has 0 radical (unpaired) electrons. The monoisotopic (exact) mass is 388 g/mol. The second kappa shape index (κ2) is 6.69. The summed E-state index contributed by atoms with van der Waals surface area (Å²) in [5.41, 5.74) is 8.56. The van der Waals surface area contributed by atoms with Crippen molar-refractivity contribution in [3.05, 3.63) is 58.9 Å². The number of nitrogens with zero attached hydrogens (tertiary/aromatic N) is 6. The zero-order valence-corrected chi connectivity index (χ0v) is 17.0. The molecule has 2 aliphatic rings. The Morgan fingerprint density at radius 2 is 1.90 bits per heavy atom. The second-order valence-corrected chi connectivity index (χ2v) is 7.95. The largest absolute Gasteiger partial charge is 0.340 e. The summed E-state index contributed by atoms with van der Waals surface area (Å²) < 4.78 is 3.77. The molecule has 3 aromatic rings. The summed E-state index contributed by atoms with van der Waals surface area (Å²) in [7, 11) is 3.76. The average Bonchev–Trinajstić information content (AvgIpc) is 3.37. The fourth-order valence-electron chi connectivity index (χ4n) is 4.29. The molecule has 4 bridgehead atoms. The Morgan fingerprint density at radius 1 is 1.03 bits per heavy atom. The number of allylic oxidation sites excluding steroid dienone is 1. The first-order valence-electron chi connectivity index (χ1n) is 10.0. The van der Waals surface area contributed by atoms with Crippen molar-refractivity contribution in [2.75, 3.05) is 7.05 Å². The van der Waals surface area contributed by atoms with Crippen molar-refractivity contribution in [2.24, 2.45) is 7.05 Å². The molecule has 4 heterocycles. The molecular formula is C22H24N6O. The van der Waals surface area contributed by atoms with Crippen LogP contribution < -0.4 is 0 Å². The fraction of sp³-hybridized carbons (Fsp3) is 0.364. The summed E-state index contributed by atoms with van der Waals surface area (Å²) in [6.07, 6.45) is 10.4. The predicted molar refractivity (Wildman–Crippen MR) is 110 cm³/mol. The molecule has 1 amide bonds. The lowest BCUT2D eigenvalue weighted by atomic mass is 9.98. The number of hydrogen-bond donors (Lipinski definition) is 0. The molecule has 3 aromatic heterocycles. The molecule has 0 saturated heterocycles. The van der Waals surface area contributed by atoms with E-state index in [2.05, 4.69) is 28.5 Å². The summed E-state index contributed by atoms with van der Waals surface area (Å²) in [6.45, 7) is 3.26. The van der Waals surface area contributed by atoms with Gasteiger partial charge in [-0.25, -0.2) is 0 Å². The number of pyridine rings is 1. The Kier molecular flexibility index (Phi) is 4.12. The third-order valence-electron chi connectivity index (χ3n) is 5.80. The van der Waals surface area contributed by atoms with Crippen LogP contribution in [-0.2, 0) is 31.4 Å². The van der Waals surface area contributed by atoms with E-state index in [1.54, 1.807) is 4.90 Å². The van der Waals surface area contributed by atoms with Crippen molar-refractivity contribution in [2.45, 2.75) is 39.3 Å². The first kappa shape index (κ1) is 17.8. The van der Waals surface area contributed by atoms with E-state index in [9.17, 15) is 4.79 Å². The summed E-state index contributed by atoms with van der Waals surface area (Å²) in [6, 6.07) is 2.21. The maximum absolute atomic E-state index is 12.6. The van der Waals surface area contributed by atoms with Gasteiger partial charge in [-0.15, -0.1) is 0 Å². The van der Waals surface area contributed by atoms with E-state index in [0.29, 0.717) is 13.0 Å². The van der Waals surface area contributed by atoms with Crippen molar-refractivity contribution in [1.82, 2.24) is 29.4 Å². The van der Waals surface area contributed by atoms with Crippen LogP contribution in [0.25, 0.3) is 16.7 Å². The molecule has 1 aliphatic carbocycles. The van der Waals surface area contributed by atoms with Crippen LogP contribution in [0.5, 0.6) is 0 Å². The van der Waals surface area contributed by atoms with Gasteiger partial charge in [-0.05, 0) is 25.0 Å². The molecule has 0 spiro atoms. The highest BCUT2D eigenvalue weighted by Crippen LogP contribution is 2.36. The smallest absolute Gasteiger partial charge is 0.222 e. The Labute approximate surface area is 169 Å². The summed E-state index contributed by atoms with van der Waals surface area (Å²) >= 11 is 0. The lowest BCUT2D eigenvalue weighted by Gasteiger charge is -2.17. The molecule has 7 nitrogen and oxygen atoms in total. The Hall–Kier alpha value is -3.22. The molecule has 0 aromatic carbocycles. The van der Waals surface area contributed by atoms with E-state index in [1.165, 1.54) is 11.1 Å². The van der Waals surface area contributed by atoms with Gasteiger partial charge < -0.3 is 4.90 Å². The standard InChI is InChI=1S/C22H24N6O/c1-14-18-12-28(24-14)8-4-5-22(29)26(2)13-21-19(11-27(3)25-21)15-9-17-16(18)6-7-20(17)23-10-15/h6,9-12H,4-5,7-8,13H2,1-3H3. The van der Waals surface area contributed by atoms with E-state index < -0.39 is 0 Å². The number of aromatic nitrogens is 5. The van der Waals surface area contributed by atoms with Crippen molar-refractivity contribution < 1.29 is 4.79 Å². The van der Waals surface area contributed by atoms with Crippen molar-refractivity contribution in [1.29, 1.82) is 0 Å². The molecule has 0 fully saturated rings. The lowest BCUT2D eigenvalue weighted by Crippen LogP contribution is -2.26. The van der Waals surface area contributed by atoms with Gasteiger partial charge in [-0.2, -0.15) is 10.2 Å². The maximum atomic E-state index is 12.6. The predicted octanol–water partition coefficient (Wildman–Crippen LogP) is 2.73. The second-order valence-electron chi connectivity index (χ2n) is 7.95. The number of aryl methyl sites for hydroxylation is 3. The van der Waals surface area contributed by atoms with E-state index in [4.69, 9.17) is 4.98 Å². The molecule has 148 valence electrons.